The fourth-order valence-corrected chi connectivity index (χ4v) is 3.83. The Balaban J connectivity index is 1.62. The molecule has 0 unspecified atom stereocenters. The lowest BCUT2D eigenvalue weighted by atomic mass is 10.1. The van der Waals surface area contributed by atoms with Gasteiger partial charge in [-0.3, -0.25) is 0 Å². The van der Waals surface area contributed by atoms with Crippen LogP contribution in [0.3, 0.4) is 0 Å². The molecule has 0 saturated heterocycles. The van der Waals surface area contributed by atoms with Crippen LogP contribution in [-0.4, -0.2) is 24.9 Å². The molecule has 0 radical (unpaired) electrons. The number of carbonyl (C=O) groups excluding carboxylic acids is 2. The minimum Gasteiger partial charge on any atom is -0.493 e. The van der Waals surface area contributed by atoms with Crippen molar-refractivity contribution >= 4 is 62.4 Å². The largest absolute Gasteiger partial charge is 0.493 e. The summed E-state index contributed by atoms with van der Waals surface area (Å²) < 4.78 is 17.8. The Morgan fingerprint density at radius 1 is 1.09 bits per heavy atom. The van der Waals surface area contributed by atoms with Crippen molar-refractivity contribution in [3.05, 3.63) is 97.2 Å². The van der Waals surface area contributed by atoms with Gasteiger partial charge in [-0.25, -0.2) is 14.6 Å². The molecule has 0 fully saturated rings. The Morgan fingerprint density at radius 3 is 2.50 bits per heavy atom. The fourth-order valence-electron chi connectivity index (χ4n) is 2.93. The summed E-state index contributed by atoms with van der Waals surface area (Å²) in [5.41, 5.74) is 1.90. The lowest BCUT2D eigenvalue weighted by molar-refractivity contribution is -0.129. The summed E-state index contributed by atoms with van der Waals surface area (Å²) in [6.07, 6.45) is 1.58. The molecule has 8 heteroatoms. The van der Waals surface area contributed by atoms with Gasteiger partial charge in [-0.1, -0.05) is 18.2 Å². The van der Waals surface area contributed by atoms with E-state index in [2.05, 4.69) is 43.5 Å². The maximum absolute atomic E-state index is 12.4. The van der Waals surface area contributed by atoms with Crippen molar-refractivity contribution in [2.24, 2.45) is 4.99 Å². The van der Waals surface area contributed by atoms with E-state index < -0.39 is 11.9 Å². The number of halogens is 2. The second-order valence-electron chi connectivity index (χ2n) is 6.63. The minimum absolute atomic E-state index is 0.154. The molecule has 4 rings (SSSR count). The molecule has 1 aliphatic heterocycles. The van der Waals surface area contributed by atoms with Crippen molar-refractivity contribution in [2.75, 3.05) is 7.11 Å². The monoisotopic (exact) mass is 603 g/mol. The summed E-state index contributed by atoms with van der Waals surface area (Å²) in [6.45, 7) is 0. The highest BCUT2D eigenvalue weighted by atomic mass is 127. The van der Waals surface area contributed by atoms with Gasteiger partial charge in [-0.2, -0.15) is 0 Å². The van der Waals surface area contributed by atoms with E-state index in [1.165, 1.54) is 7.11 Å². The van der Waals surface area contributed by atoms with E-state index in [0.717, 1.165) is 3.57 Å². The van der Waals surface area contributed by atoms with Crippen molar-refractivity contribution < 1.29 is 23.8 Å². The standard InChI is InChI=1S/C24H15BrINO5/c1-30-20-13-14(11-18(25)21(20)31-23(28)16-5-3-2-4-6-16)12-19-24(29)32-22(27-19)15-7-9-17(26)10-8-15/h2-13H,1H3/b19-12-. The molecule has 0 aliphatic carbocycles. The van der Waals surface area contributed by atoms with Crippen LogP contribution in [0.5, 0.6) is 11.5 Å². The highest BCUT2D eigenvalue weighted by Gasteiger charge is 2.25. The number of methoxy groups -OCH3 is 1. The van der Waals surface area contributed by atoms with E-state index in [-0.39, 0.29) is 17.3 Å². The molecule has 0 aromatic heterocycles. The van der Waals surface area contributed by atoms with Gasteiger partial charge >= 0.3 is 11.9 Å². The molecule has 1 aliphatic rings. The molecule has 3 aromatic rings. The first-order valence-corrected chi connectivity index (χ1v) is 11.2. The summed E-state index contributed by atoms with van der Waals surface area (Å²) in [6, 6.07) is 19.5. The van der Waals surface area contributed by atoms with Crippen LogP contribution in [0, 0.1) is 3.57 Å². The first-order valence-electron chi connectivity index (χ1n) is 9.38. The molecule has 0 amide bonds. The Hall–Kier alpha value is -2.98. The summed E-state index contributed by atoms with van der Waals surface area (Å²) >= 11 is 5.62. The lowest BCUT2D eigenvalue weighted by Gasteiger charge is -2.12. The third kappa shape index (κ3) is 4.91. The Morgan fingerprint density at radius 2 is 1.81 bits per heavy atom. The summed E-state index contributed by atoms with van der Waals surface area (Å²) in [7, 11) is 1.47. The average molecular weight is 604 g/mol. The number of hydrogen-bond donors (Lipinski definition) is 0. The first-order chi connectivity index (χ1) is 15.4. The maximum atomic E-state index is 12.4. The topological polar surface area (TPSA) is 74.2 Å². The molecule has 3 aromatic carbocycles. The smallest absolute Gasteiger partial charge is 0.363 e. The van der Waals surface area contributed by atoms with Crippen LogP contribution in [0.15, 0.2) is 81.9 Å². The normalized spacial score (nSPS) is 14.2. The molecule has 0 N–H and O–H groups in total. The predicted octanol–water partition coefficient (Wildman–Crippen LogP) is 5.63. The number of cyclic esters (lactones) is 1. The van der Waals surface area contributed by atoms with Crippen LogP contribution in [0.4, 0.5) is 0 Å². The number of aliphatic imine (C=N–C) groups is 1. The summed E-state index contributed by atoms with van der Waals surface area (Å²) in [4.78, 5) is 29.1. The van der Waals surface area contributed by atoms with Crippen LogP contribution < -0.4 is 9.47 Å². The van der Waals surface area contributed by atoms with Crippen LogP contribution in [0.2, 0.25) is 0 Å². The third-order valence-corrected chi connectivity index (χ3v) is 5.78. The molecule has 0 bridgehead atoms. The zero-order valence-corrected chi connectivity index (χ0v) is 20.4. The van der Waals surface area contributed by atoms with Crippen molar-refractivity contribution in [1.82, 2.24) is 0 Å². The molecule has 0 spiro atoms. The third-order valence-electron chi connectivity index (χ3n) is 4.47. The first kappa shape index (κ1) is 22.2. The fraction of sp³-hybridized carbons (Fsp3) is 0.0417. The average Bonchev–Trinajstić information content (AvgIpc) is 3.16. The van der Waals surface area contributed by atoms with Gasteiger partial charge in [0.1, 0.15) is 0 Å². The molecule has 6 nitrogen and oxygen atoms in total. The van der Waals surface area contributed by atoms with Crippen molar-refractivity contribution in [3.8, 4) is 11.5 Å². The molecular formula is C24H15BrINO5. The zero-order valence-electron chi connectivity index (χ0n) is 16.7. The van der Waals surface area contributed by atoms with Gasteiger partial charge < -0.3 is 14.2 Å². The van der Waals surface area contributed by atoms with Crippen molar-refractivity contribution in [1.29, 1.82) is 0 Å². The van der Waals surface area contributed by atoms with Gasteiger partial charge in [0, 0.05) is 9.13 Å². The van der Waals surface area contributed by atoms with Gasteiger partial charge in [0.15, 0.2) is 17.2 Å². The second-order valence-corrected chi connectivity index (χ2v) is 8.73. The molecule has 0 atom stereocenters. The van der Waals surface area contributed by atoms with Crippen LogP contribution in [-0.2, 0) is 9.53 Å². The van der Waals surface area contributed by atoms with E-state index >= 15 is 0 Å². The maximum Gasteiger partial charge on any atom is 0.363 e. The van der Waals surface area contributed by atoms with E-state index in [0.29, 0.717) is 26.9 Å². The van der Waals surface area contributed by atoms with Crippen LogP contribution >= 0.6 is 38.5 Å². The number of benzene rings is 3. The van der Waals surface area contributed by atoms with Gasteiger partial charge in [-0.05, 0) is 98.7 Å². The predicted molar refractivity (Wildman–Crippen MR) is 132 cm³/mol. The minimum atomic E-state index is -0.548. The van der Waals surface area contributed by atoms with Gasteiger partial charge in [0.05, 0.1) is 17.1 Å². The van der Waals surface area contributed by atoms with Crippen molar-refractivity contribution in [2.45, 2.75) is 0 Å². The molecular weight excluding hydrogens is 589 g/mol. The lowest BCUT2D eigenvalue weighted by Crippen LogP contribution is -2.09. The Kier molecular flexibility index (Phi) is 6.71. The quantitative estimate of drug-likeness (QED) is 0.164. The summed E-state index contributed by atoms with van der Waals surface area (Å²) in [5, 5.41) is 0. The van der Waals surface area contributed by atoms with Gasteiger partial charge in [0.25, 0.3) is 0 Å². The van der Waals surface area contributed by atoms with Crippen LogP contribution in [0.25, 0.3) is 6.08 Å². The summed E-state index contributed by atoms with van der Waals surface area (Å²) in [5.74, 6) is -0.253. The molecule has 1 heterocycles. The zero-order chi connectivity index (χ0) is 22.7. The van der Waals surface area contributed by atoms with E-state index in [9.17, 15) is 9.59 Å². The molecule has 160 valence electrons. The van der Waals surface area contributed by atoms with E-state index in [1.807, 2.05) is 30.3 Å². The number of esters is 2. The number of hydrogen-bond acceptors (Lipinski definition) is 6. The Bertz CT molecular complexity index is 1250. The Labute approximate surface area is 206 Å². The number of rotatable bonds is 5. The van der Waals surface area contributed by atoms with Crippen molar-refractivity contribution in [3.63, 3.8) is 0 Å². The van der Waals surface area contributed by atoms with E-state index in [1.54, 1.807) is 42.5 Å². The SMILES string of the molecule is COc1cc(/C=C2\N=C(c3ccc(I)cc3)OC2=O)cc(Br)c1OC(=O)c1ccccc1. The van der Waals surface area contributed by atoms with E-state index in [4.69, 9.17) is 14.2 Å². The number of nitrogens with zero attached hydrogens (tertiary/aromatic N) is 1. The highest BCUT2D eigenvalue weighted by Crippen LogP contribution is 2.38. The number of ether oxygens (including phenoxy) is 3. The van der Waals surface area contributed by atoms with Crippen LogP contribution in [0.1, 0.15) is 21.5 Å². The number of carbonyl (C=O) groups is 2. The second kappa shape index (κ2) is 9.66. The highest BCUT2D eigenvalue weighted by molar-refractivity contribution is 14.1. The molecule has 0 saturated carbocycles. The molecule has 32 heavy (non-hydrogen) atoms. The van der Waals surface area contributed by atoms with Gasteiger partial charge in [-0.15, -0.1) is 0 Å². The van der Waals surface area contributed by atoms with Gasteiger partial charge in [0.2, 0.25) is 5.90 Å².